The first-order valence-corrected chi connectivity index (χ1v) is 10.8. The van der Waals surface area contributed by atoms with Gasteiger partial charge in [-0.3, -0.25) is 14.4 Å². The molecule has 4 aromatic rings. The molecule has 0 fully saturated rings. The lowest BCUT2D eigenvalue weighted by Gasteiger charge is -2.13. The smallest absolute Gasteiger partial charge is 0.266 e. The Bertz CT molecular complexity index is 1380. The number of para-hydroxylation sites is 1. The first-order valence-electron chi connectivity index (χ1n) is 10.8. The van der Waals surface area contributed by atoms with Crippen LogP contribution in [0, 0.1) is 0 Å². The minimum Gasteiger partial charge on any atom is -0.457 e. The molecule has 4 aromatic carbocycles. The summed E-state index contributed by atoms with van der Waals surface area (Å²) in [5.74, 6) is 0.0298. The van der Waals surface area contributed by atoms with E-state index >= 15 is 0 Å². The predicted molar refractivity (Wildman–Crippen MR) is 129 cm³/mol. The highest BCUT2D eigenvalue weighted by Crippen LogP contribution is 2.32. The molecule has 0 aromatic heterocycles. The number of nitrogens with one attached hydrogen (secondary N) is 1. The summed E-state index contributed by atoms with van der Waals surface area (Å²) in [5.41, 5.74) is 2.67. The van der Waals surface area contributed by atoms with Gasteiger partial charge in [0.2, 0.25) is 5.91 Å². The zero-order valence-corrected chi connectivity index (χ0v) is 18.1. The molecule has 34 heavy (non-hydrogen) atoms. The lowest BCUT2D eigenvalue weighted by molar-refractivity contribution is -0.115. The standard InChI is InChI=1S/C28H20N2O4/c31-26(16-19-8-3-1-4-9-19)29-20-10-7-13-22(17-20)34-23-14-15-24-25(18-23)28(33)30(27(24)32)21-11-5-2-6-12-21/h1-15,17-18H,16H2,(H,29,31). The number of rotatable bonds is 6. The van der Waals surface area contributed by atoms with Crippen LogP contribution in [0.25, 0.3) is 0 Å². The number of carbonyl (C=O) groups is 3. The van der Waals surface area contributed by atoms with Crippen LogP contribution in [0.3, 0.4) is 0 Å². The molecule has 1 aliphatic rings. The van der Waals surface area contributed by atoms with Crippen LogP contribution in [0.1, 0.15) is 26.3 Å². The molecule has 3 amide bonds. The molecule has 6 heteroatoms. The van der Waals surface area contributed by atoms with Crippen LogP contribution in [-0.4, -0.2) is 17.7 Å². The zero-order chi connectivity index (χ0) is 23.5. The molecule has 1 N–H and O–H groups in total. The maximum absolute atomic E-state index is 12.9. The van der Waals surface area contributed by atoms with Gasteiger partial charge in [0.25, 0.3) is 11.8 Å². The third-order valence-corrected chi connectivity index (χ3v) is 5.43. The van der Waals surface area contributed by atoms with Crippen molar-refractivity contribution in [3.63, 3.8) is 0 Å². The quantitative estimate of drug-likeness (QED) is 0.398. The zero-order valence-electron chi connectivity index (χ0n) is 18.1. The van der Waals surface area contributed by atoms with E-state index in [4.69, 9.17) is 4.74 Å². The lowest BCUT2D eigenvalue weighted by atomic mass is 10.1. The average Bonchev–Trinajstić information content (AvgIpc) is 3.10. The molecule has 0 radical (unpaired) electrons. The Morgan fingerprint density at radius 1 is 0.706 bits per heavy atom. The van der Waals surface area contributed by atoms with Crippen molar-refractivity contribution in [3.8, 4) is 11.5 Å². The van der Waals surface area contributed by atoms with E-state index < -0.39 is 5.91 Å². The summed E-state index contributed by atoms with van der Waals surface area (Å²) in [6, 6.07) is 30.1. The fraction of sp³-hybridized carbons (Fsp3) is 0.0357. The number of fused-ring (bicyclic) bond motifs is 1. The van der Waals surface area contributed by atoms with Crippen LogP contribution in [0.2, 0.25) is 0 Å². The van der Waals surface area contributed by atoms with Crippen molar-refractivity contribution in [2.45, 2.75) is 6.42 Å². The van der Waals surface area contributed by atoms with Crippen LogP contribution < -0.4 is 15.0 Å². The van der Waals surface area contributed by atoms with Gasteiger partial charge in [-0.1, -0.05) is 54.6 Å². The number of nitrogens with zero attached hydrogens (tertiary/aromatic N) is 1. The van der Waals surface area contributed by atoms with Crippen LogP contribution >= 0.6 is 0 Å². The molecule has 0 aliphatic carbocycles. The van der Waals surface area contributed by atoms with Crippen LogP contribution in [0.4, 0.5) is 11.4 Å². The Morgan fingerprint density at radius 3 is 2.15 bits per heavy atom. The van der Waals surface area contributed by atoms with Crippen molar-refractivity contribution < 1.29 is 19.1 Å². The van der Waals surface area contributed by atoms with Crippen molar-refractivity contribution in [1.82, 2.24) is 0 Å². The SMILES string of the molecule is O=C(Cc1ccccc1)Nc1cccc(Oc2ccc3c(c2)C(=O)N(c2ccccc2)C3=O)c1. The van der Waals surface area contributed by atoms with Crippen molar-refractivity contribution in [2.24, 2.45) is 0 Å². The summed E-state index contributed by atoms with van der Waals surface area (Å²) < 4.78 is 5.94. The first-order chi connectivity index (χ1) is 16.6. The minimum atomic E-state index is -0.390. The maximum Gasteiger partial charge on any atom is 0.266 e. The number of imide groups is 1. The lowest BCUT2D eigenvalue weighted by Crippen LogP contribution is -2.29. The largest absolute Gasteiger partial charge is 0.457 e. The second-order valence-electron chi connectivity index (χ2n) is 7.83. The van der Waals surface area contributed by atoms with Gasteiger partial charge >= 0.3 is 0 Å². The van der Waals surface area contributed by atoms with Gasteiger partial charge in [0, 0.05) is 11.8 Å². The van der Waals surface area contributed by atoms with Crippen LogP contribution in [0.15, 0.2) is 103 Å². The fourth-order valence-corrected chi connectivity index (χ4v) is 3.85. The monoisotopic (exact) mass is 448 g/mol. The molecule has 0 atom stereocenters. The van der Waals surface area contributed by atoms with E-state index in [9.17, 15) is 14.4 Å². The Hall–Kier alpha value is -4.71. The highest BCUT2D eigenvalue weighted by atomic mass is 16.5. The van der Waals surface area contributed by atoms with E-state index in [0.717, 1.165) is 10.5 Å². The molecule has 5 rings (SSSR count). The van der Waals surface area contributed by atoms with Gasteiger partial charge in [-0.05, 0) is 48.0 Å². The average molecular weight is 448 g/mol. The number of carbonyl (C=O) groups excluding carboxylic acids is 3. The fourth-order valence-electron chi connectivity index (χ4n) is 3.85. The molecule has 6 nitrogen and oxygen atoms in total. The summed E-state index contributed by atoms with van der Waals surface area (Å²) in [4.78, 5) is 39.3. The molecule has 0 saturated carbocycles. The predicted octanol–water partition coefficient (Wildman–Crippen LogP) is 5.46. The number of anilines is 2. The van der Waals surface area contributed by atoms with Crippen molar-refractivity contribution in [3.05, 3.63) is 120 Å². The number of hydrogen-bond acceptors (Lipinski definition) is 4. The second kappa shape index (κ2) is 9.03. The van der Waals surface area contributed by atoms with Crippen LogP contribution in [0.5, 0.6) is 11.5 Å². The van der Waals surface area contributed by atoms with Crippen LogP contribution in [-0.2, 0) is 11.2 Å². The summed E-state index contributed by atoms with van der Waals surface area (Å²) in [6.45, 7) is 0. The molecule has 166 valence electrons. The minimum absolute atomic E-state index is 0.133. The number of benzene rings is 4. The van der Waals surface area contributed by atoms with E-state index in [-0.39, 0.29) is 18.2 Å². The third kappa shape index (κ3) is 4.29. The molecule has 0 spiro atoms. The van der Waals surface area contributed by atoms with Crippen molar-refractivity contribution in [1.29, 1.82) is 0 Å². The van der Waals surface area contributed by atoms with Gasteiger partial charge in [0.1, 0.15) is 11.5 Å². The van der Waals surface area contributed by atoms with E-state index in [2.05, 4.69) is 5.32 Å². The molecule has 1 heterocycles. The molecular weight excluding hydrogens is 428 g/mol. The van der Waals surface area contributed by atoms with Crippen molar-refractivity contribution >= 4 is 29.1 Å². The number of ether oxygens (including phenoxy) is 1. The van der Waals surface area contributed by atoms with Gasteiger partial charge in [-0.15, -0.1) is 0 Å². The summed E-state index contributed by atoms with van der Waals surface area (Å²) in [5, 5.41) is 2.87. The van der Waals surface area contributed by atoms with Gasteiger partial charge in [0.05, 0.1) is 23.2 Å². The maximum atomic E-state index is 12.9. The normalized spacial score (nSPS) is 12.4. The Balaban J connectivity index is 1.31. The van der Waals surface area contributed by atoms with Gasteiger partial charge in [-0.2, -0.15) is 0 Å². The molecule has 0 unspecified atom stereocenters. The first kappa shape index (κ1) is 21.2. The summed E-state index contributed by atoms with van der Waals surface area (Å²) in [7, 11) is 0. The molecule has 0 bridgehead atoms. The van der Waals surface area contributed by atoms with E-state index in [1.807, 2.05) is 36.4 Å². The third-order valence-electron chi connectivity index (χ3n) is 5.43. The molecule has 1 aliphatic heterocycles. The summed E-state index contributed by atoms with van der Waals surface area (Å²) in [6.07, 6.45) is 0.269. The van der Waals surface area contributed by atoms with E-state index in [1.165, 1.54) is 0 Å². The highest BCUT2D eigenvalue weighted by molar-refractivity contribution is 6.34. The Morgan fingerprint density at radius 2 is 1.38 bits per heavy atom. The van der Waals surface area contributed by atoms with Gasteiger partial charge in [0.15, 0.2) is 0 Å². The van der Waals surface area contributed by atoms with E-state index in [1.54, 1.807) is 66.7 Å². The van der Waals surface area contributed by atoms with E-state index in [0.29, 0.717) is 34.0 Å². The summed E-state index contributed by atoms with van der Waals surface area (Å²) >= 11 is 0. The van der Waals surface area contributed by atoms with Crippen molar-refractivity contribution in [2.75, 3.05) is 10.2 Å². The topological polar surface area (TPSA) is 75.7 Å². The Kier molecular flexibility index (Phi) is 5.62. The molecule has 0 saturated heterocycles. The van der Waals surface area contributed by atoms with Gasteiger partial charge in [-0.25, -0.2) is 4.90 Å². The highest BCUT2D eigenvalue weighted by Gasteiger charge is 2.36. The van der Waals surface area contributed by atoms with Gasteiger partial charge < -0.3 is 10.1 Å². The molecular formula is C28H20N2O4. The number of hydrogen-bond donors (Lipinski definition) is 1. The Labute approximate surface area is 196 Å². The number of amides is 3. The second-order valence-corrected chi connectivity index (χ2v) is 7.83.